The number of ether oxygens (including phenoxy) is 3. The number of phenols is 1. The number of rotatable bonds is 3. The van der Waals surface area contributed by atoms with Gasteiger partial charge in [-0.3, -0.25) is 9.59 Å². The van der Waals surface area contributed by atoms with Crippen LogP contribution in [-0.2, 0) is 14.4 Å². The minimum atomic E-state index is -0.887. The van der Waals surface area contributed by atoms with Crippen molar-refractivity contribution in [2.75, 3.05) is 19.1 Å². The highest BCUT2D eigenvalue weighted by molar-refractivity contribution is 8.04. The number of phenolic OH excluding ortho intramolecular Hbond substituents is 1. The number of hydrogen-bond donors (Lipinski definition) is 2. The Kier molecular flexibility index (Phi) is 4.55. The zero-order chi connectivity index (χ0) is 22.7. The van der Waals surface area contributed by atoms with Crippen molar-refractivity contribution >= 4 is 35.2 Å². The number of methoxy groups -OCH3 is 2. The molecule has 0 aliphatic carbocycles. The molecule has 5 rings (SSSR count). The number of anilines is 1. The van der Waals surface area contributed by atoms with Crippen molar-refractivity contribution in [3.63, 3.8) is 0 Å². The summed E-state index contributed by atoms with van der Waals surface area (Å²) in [6.45, 7) is 0. The zero-order valence-electron chi connectivity index (χ0n) is 17.0. The fraction of sp³-hybridized carbons (Fsp3) is 0.227. The van der Waals surface area contributed by atoms with E-state index in [-0.39, 0.29) is 27.8 Å². The lowest BCUT2D eigenvalue weighted by Crippen LogP contribution is -2.39. The predicted molar refractivity (Wildman–Crippen MR) is 115 cm³/mol. The van der Waals surface area contributed by atoms with E-state index < -0.39 is 34.9 Å². The number of amides is 2. The van der Waals surface area contributed by atoms with Gasteiger partial charge in [0.1, 0.15) is 28.2 Å². The molecule has 3 aliphatic heterocycles. The van der Waals surface area contributed by atoms with Crippen molar-refractivity contribution < 1.29 is 33.7 Å². The number of thioether (sulfide) groups is 1. The molecule has 9 nitrogen and oxygen atoms in total. The summed E-state index contributed by atoms with van der Waals surface area (Å²) in [6, 6.07) is 9.14. The highest BCUT2D eigenvalue weighted by Crippen LogP contribution is 2.55. The molecule has 3 atom stereocenters. The number of esters is 1. The summed E-state index contributed by atoms with van der Waals surface area (Å²) < 4.78 is 16.0. The zero-order valence-corrected chi connectivity index (χ0v) is 17.8. The minimum absolute atomic E-state index is 0.0877. The van der Waals surface area contributed by atoms with Crippen LogP contribution in [0.5, 0.6) is 23.0 Å². The van der Waals surface area contributed by atoms with Crippen LogP contribution in [0.3, 0.4) is 0 Å². The quantitative estimate of drug-likeness (QED) is 0.406. The molecule has 2 amide bonds. The number of carbonyl (C=O) groups is 3. The smallest absolute Gasteiger partial charge is 0.342 e. The predicted octanol–water partition coefficient (Wildman–Crippen LogP) is 1.89. The molecule has 3 aliphatic rings. The van der Waals surface area contributed by atoms with Gasteiger partial charge in [-0.15, -0.1) is 0 Å². The van der Waals surface area contributed by atoms with E-state index in [4.69, 9.17) is 19.9 Å². The van der Waals surface area contributed by atoms with Crippen LogP contribution in [0.15, 0.2) is 47.0 Å². The highest BCUT2D eigenvalue weighted by Gasteiger charge is 2.59. The summed E-state index contributed by atoms with van der Waals surface area (Å²) in [5.41, 5.74) is 7.09. The molecule has 0 saturated carbocycles. The Morgan fingerprint density at radius 3 is 2.56 bits per heavy atom. The van der Waals surface area contributed by atoms with Crippen LogP contribution >= 0.6 is 11.8 Å². The van der Waals surface area contributed by atoms with E-state index in [2.05, 4.69) is 0 Å². The van der Waals surface area contributed by atoms with E-state index in [1.165, 1.54) is 26.4 Å². The summed E-state index contributed by atoms with van der Waals surface area (Å²) in [4.78, 5) is 40.9. The number of carbonyl (C=O) groups excluding carboxylic acids is 3. The number of nitrogens with two attached hydrogens (primary N) is 1. The van der Waals surface area contributed by atoms with E-state index in [0.29, 0.717) is 17.1 Å². The second-order valence-corrected chi connectivity index (χ2v) is 8.66. The normalized spacial score (nSPS) is 24.0. The Balaban J connectivity index is 1.66. The van der Waals surface area contributed by atoms with E-state index in [9.17, 15) is 19.5 Å². The van der Waals surface area contributed by atoms with Crippen LogP contribution in [0, 0.1) is 5.92 Å². The van der Waals surface area contributed by atoms with Crippen LogP contribution in [0.4, 0.5) is 5.69 Å². The number of imide groups is 1. The second kappa shape index (κ2) is 7.20. The maximum absolute atomic E-state index is 13.7. The first-order valence-electron chi connectivity index (χ1n) is 9.67. The lowest BCUT2D eigenvalue weighted by Gasteiger charge is -2.36. The van der Waals surface area contributed by atoms with Gasteiger partial charge in [-0.2, -0.15) is 0 Å². The van der Waals surface area contributed by atoms with Crippen LogP contribution in [-0.4, -0.2) is 42.4 Å². The van der Waals surface area contributed by atoms with Gasteiger partial charge in [0.2, 0.25) is 11.8 Å². The summed E-state index contributed by atoms with van der Waals surface area (Å²) in [5.74, 6) is -2.49. The second-order valence-electron chi connectivity index (χ2n) is 7.48. The molecule has 164 valence electrons. The molecule has 0 spiro atoms. The Hall–Kier alpha value is -3.66. The van der Waals surface area contributed by atoms with Gasteiger partial charge in [0, 0.05) is 23.6 Å². The molecule has 2 aromatic carbocycles. The summed E-state index contributed by atoms with van der Waals surface area (Å²) in [7, 11) is 2.92. The molecular weight excluding hydrogens is 436 g/mol. The molecule has 2 aromatic rings. The third-order valence-electron chi connectivity index (χ3n) is 5.87. The van der Waals surface area contributed by atoms with Crippen molar-refractivity contribution in [1.29, 1.82) is 0 Å². The molecule has 0 aromatic heterocycles. The fourth-order valence-corrected chi connectivity index (χ4v) is 5.69. The van der Waals surface area contributed by atoms with E-state index >= 15 is 0 Å². The first-order chi connectivity index (χ1) is 15.3. The topological polar surface area (TPSA) is 128 Å². The summed E-state index contributed by atoms with van der Waals surface area (Å²) in [5, 5.41) is 9.12. The average Bonchev–Trinajstić information content (AvgIpc) is 3.02. The van der Waals surface area contributed by atoms with Crippen LogP contribution in [0.1, 0.15) is 11.5 Å². The maximum atomic E-state index is 13.7. The molecular formula is C22H18N2O7S. The standard InChI is InChI=1S/C22H18N2O7S/c1-29-10-4-6-13(30-2)12(8-10)24-20(26)16-15-11-5-3-9(25)7-14(11)31-22(28)17(15)19(23)32-18(16)21(24)27/h3-8,15-16,18,25H,23H2,1-2H3/t15-,16-,18-/m0/s1. The molecule has 0 radical (unpaired) electrons. The van der Waals surface area contributed by atoms with Gasteiger partial charge in [0.15, 0.2) is 0 Å². The van der Waals surface area contributed by atoms with Crippen LogP contribution in [0.2, 0.25) is 0 Å². The Bertz CT molecular complexity index is 1220. The fourth-order valence-electron chi connectivity index (χ4n) is 4.45. The first kappa shape index (κ1) is 20.3. The third kappa shape index (κ3) is 2.76. The van der Waals surface area contributed by atoms with Gasteiger partial charge in [-0.25, -0.2) is 9.69 Å². The molecule has 0 bridgehead atoms. The number of hydrogen-bond acceptors (Lipinski definition) is 9. The molecule has 0 unspecified atom stereocenters. The molecule has 3 N–H and O–H groups in total. The molecule has 3 heterocycles. The number of benzene rings is 2. The van der Waals surface area contributed by atoms with E-state index in [0.717, 1.165) is 16.7 Å². The van der Waals surface area contributed by atoms with E-state index in [1.54, 1.807) is 24.3 Å². The summed E-state index contributed by atoms with van der Waals surface area (Å²) >= 11 is 0.981. The van der Waals surface area contributed by atoms with Crippen molar-refractivity contribution in [2.45, 2.75) is 11.2 Å². The minimum Gasteiger partial charge on any atom is -0.508 e. The maximum Gasteiger partial charge on any atom is 0.342 e. The number of aromatic hydroxyl groups is 1. The largest absolute Gasteiger partial charge is 0.508 e. The Morgan fingerprint density at radius 1 is 1.06 bits per heavy atom. The average molecular weight is 454 g/mol. The van der Waals surface area contributed by atoms with Crippen molar-refractivity contribution in [2.24, 2.45) is 11.7 Å². The van der Waals surface area contributed by atoms with Crippen molar-refractivity contribution in [3.8, 4) is 23.0 Å². The van der Waals surface area contributed by atoms with Crippen molar-refractivity contribution in [3.05, 3.63) is 52.6 Å². The van der Waals surface area contributed by atoms with Gasteiger partial charge in [-0.1, -0.05) is 17.8 Å². The van der Waals surface area contributed by atoms with E-state index in [1.807, 2.05) is 0 Å². The molecule has 1 saturated heterocycles. The van der Waals surface area contributed by atoms with Gasteiger partial charge >= 0.3 is 5.97 Å². The molecule has 32 heavy (non-hydrogen) atoms. The Morgan fingerprint density at radius 2 is 1.84 bits per heavy atom. The summed E-state index contributed by atoms with van der Waals surface area (Å²) in [6.07, 6.45) is 0. The van der Waals surface area contributed by atoms with Gasteiger partial charge in [0.05, 0.1) is 36.4 Å². The van der Waals surface area contributed by atoms with Crippen LogP contribution in [0.25, 0.3) is 0 Å². The number of nitrogens with zero attached hydrogens (tertiary/aromatic N) is 1. The monoisotopic (exact) mass is 454 g/mol. The lowest BCUT2D eigenvalue weighted by atomic mass is 9.77. The number of fused-ring (bicyclic) bond motifs is 5. The Labute approximate surface area is 186 Å². The third-order valence-corrected chi connectivity index (χ3v) is 7.09. The molecule has 10 heteroatoms. The first-order valence-corrected chi connectivity index (χ1v) is 10.5. The van der Waals surface area contributed by atoms with Gasteiger partial charge < -0.3 is 25.1 Å². The highest BCUT2D eigenvalue weighted by atomic mass is 32.2. The van der Waals surface area contributed by atoms with Gasteiger partial charge in [0.25, 0.3) is 0 Å². The lowest BCUT2D eigenvalue weighted by molar-refractivity contribution is -0.131. The van der Waals surface area contributed by atoms with Crippen LogP contribution < -0.4 is 24.8 Å². The van der Waals surface area contributed by atoms with Gasteiger partial charge in [-0.05, 0) is 18.2 Å². The SMILES string of the molecule is COc1ccc(OC)c(N2C(=O)[C@@H]3[C@H](SC(N)=C4C(=O)Oc5cc(O)ccc5[C@H]43)C2=O)c1. The molecule has 1 fully saturated rings. The van der Waals surface area contributed by atoms with Crippen molar-refractivity contribution in [1.82, 2.24) is 0 Å².